The molecule has 2 heterocycles. The highest BCUT2D eigenvalue weighted by Gasteiger charge is 2.38. The Hall–Kier alpha value is -2.53. The number of rotatable bonds is 6. The number of nitrogens with zero attached hydrogens (tertiary/aromatic N) is 2. The van der Waals surface area contributed by atoms with Gasteiger partial charge in [-0.2, -0.15) is 0 Å². The van der Waals surface area contributed by atoms with E-state index in [1.807, 2.05) is 29.2 Å². The molecular formula is C25H32N2O3. The Morgan fingerprint density at radius 2 is 1.77 bits per heavy atom. The number of benzene rings is 2. The number of hydrogen-bond acceptors (Lipinski definition) is 4. The molecule has 2 atom stereocenters. The highest BCUT2D eigenvalue weighted by atomic mass is 16.5. The van der Waals surface area contributed by atoms with Crippen molar-refractivity contribution in [2.75, 3.05) is 32.8 Å². The van der Waals surface area contributed by atoms with Gasteiger partial charge < -0.3 is 14.4 Å². The van der Waals surface area contributed by atoms with Crippen LogP contribution in [0.15, 0.2) is 48.5 Å². The summed E-state index contributed by atoms with van der Waals surface area (Å²) in [7, 11) is 0. The lowest BCUT2D eigenvalue weighted by Gasteiger charge is -2.36. The molecular weight excluding hydrogens is 376 g/mol. The van der Waals surface area contributed by atoms with Crippen LogP contribution < -0.4 is 9.47 Å². The highest BCUT2D eigenvalue weighted by molar-refractivity contribution is 5.83. The molecule has 4 rings (SSSR count). The van der Waals surface area contributed by atoms with Gasteiger partial charge in [0.25, 0.3) is 0 Å². The summed E-state index contributed by atoms with van der Waals surface area (Å²) in [5.74, 6) is 1.83. The van der Waals surface area contributed by atoms with E-state index in [4.69, 9.17) is 9.47 Å². The average Bonchev–Trinajstić information content (AvgIpc) is 3.13. The Balaban J connectivity index is 1.68. The molecule has 1 amide bonds. The van der Waals surface area contributed by atoms with E-state index in [2.05, 4.69) is 43.0 Å². The van der Waals surface area contributed by atoms with E-state index in [0.29, 0.717) is 13.2 Å². The van der Waals surface area contributed by atoms with Crippen molar-refractivity contribution in [1.29, 1.82) is 0 Å². The van der Waals surface area contributed by atoms with Crippen molar-refractivity contribution in [3.63, 3.8) is 0 Å². The van der Waals surface area contributed by atoms with Gasteiger partial charge in [0.05, 0.1) is 13.2 Å². The first-order valence-electron chi connectivity index (χ1n) is 11.2. The Morgan fingerprint density at radius 1 is 1.03 bits per heavy atom. The van der Waals surface area contributed by atoms with Gasteiger partial charge in [0, 0.05) is 25.6 Å². The van der Waals surface area contributed by atoms with Crippen LogP contribution in [0.3, 0.4) is 0 Å². The van der Waals surface area contributed by atoms with Gasteiger partial charge in [-0.15, -0.1) is 0 Å². The number of carbonyl (C=O) groups excluding carboxylic acids is 1. The van der Waals surface area contributed by atoms with Gasteiger partial charge in [-0.25, -0.2) is 0 Å². The number of carbonyl (C=O) groups is 1. The van der Waals surface area contributed by atoms with Crippen LogP contribution in [0.5, 0.6) is 11.5 Å². The minimum absolute atomic E-state index is 0.187. The third-order valence-electron chi connectivity index (χ3n) is 6.21. The SMILES string of the molecule is CCN(CC)C(=O)[C@@H](c1ccccc1)N1CCC[C@@H]1c1ccc2c(c1)OCCCO2. The zero-order valence-electron chi connectivity index (χ0n) is 18.0. The fraction of sp³-hybridized carbons (Fsp3) is 0.480. The van der Waals surface area contributed by atoms with Crippen LogP contribution in [-0.4, -0.2) is 48.6 Å². The number of likely N-dealkylation sites (tertiary alicyclic amines) is 1. The standard InChI is InChI=1S/C25H32N2O3/c1-3-26(4-2)25(28)24(19-10-6-5-7-11-19)27-15-8-12-21(27)20-13-14-22-23(18-20)30-17-9-16-29-22/h5-7,10-11,13-14,18,21,24H,3-4,8-9,12,15-17H2,1-2H3/t21-,24-/m1/s1. The molecule has 1 saturated heterocycles. The lowest BCUT2D eigenvalue weighted by Crippen LogP contribution is -2.42. The van der Waals surface area contributed by atoms with Gasteiger partial charge >= 0.3 is 0 Å². The summed E-state index contributed by atoms with van der Waals surface area (Å²) in [6.07, 6.45) is 3.01. The predicted molar refractivity (Wildman–Crippen MR) is 118 cm³/mol. The summed E-state index contributed by atoms with van der Waals surface area (Å²) in [5.41, 5.74) is 2.26. The molecule has 0 unspecified atom stereocenters. The predicted octanol–water partition coefficient (Wildman–Crippen LogP) is 4.59. The molecule has 2 aliphatic rings. The molecule has 0 N–H and O–H groups in total. The summed E-state index contributed by atoms with van der Waals surface area (Å²) in [6, 6.07) is 16.4. The van der Waals surface area contributed by atoms with Crippen LogP contribution >= 0.6 is 0 Å². The van der Waals surface area contributed by atoms with Crippen LogP contribution in [0.1, 0.15) is 56.3 Å². The first kappa shape index (κ1) is 20.7. The third-order valence-corrected chi connectivity index (χ3v) is 6.21. The van der Waals surface area contributed by atoms with Gasteiger partial charge in [-0.1, -0.05) is 36.4 Å². The smallest absolute Gasteiger partial charge is 0.244 e. The summed E-state index contributed by atoms with van der Waals surface area (Å²) in [4.78, 5) is 17.9. The second-order valence-electron chi connectivity index (χ2n) is 7.98. The van der Waals surface area contributed by atoms with Gasteiger partial charge in [-0.05, 0) is 56.5 Å². The average molecular weight is 409 g/mol. The van der Waals surface area contributed by atoms with Gasteiger partial charge in [0.2, 0.25) is 5.91 Å². The molecule has 0 aromatic heterocycles. The van der Waals surface area contributed by atoms with Crippen molar-refractivity contribution in [3.8, 4) is 11.5 Å². The van der Waals surface area contributed by atoms with E-state index in [9.17, 15) is 4.79 Å². The fourth-order valence-corrected chi connectivity index (χ4v) is 4.66. The third kappa shape index (κ3) is 4.17. The molecule has 0 spiro atoms. The number of hydrogen-bond donors (Lipinski definition) is 0. The minimum atomic E-state index is -0.269. The van der Waals surface area contributed by atoms with Crippen molar-refractivity contribution >= 4 is 5.91 Å². The van der Waals surface area contributed by atoms with Crippen LogP contribution in [0.4, 0.5) is 0 Å². The molecule has 30 heavy (non-hydrogen) atoms. The monoisotopic (exact) mass is 408 g/mol. The normalized spacial score (nSPS) is 19.9. The Kier molecular flexibility index (Phi) is 6.58. The topological polar surface area (TPSA) is 42.0 Å². The molecule has 1 fully saturated rings. The molecule has 160 valence electrons. The van der Waals surface area contributed by atoms with E-state index < -0.39 is 0 Å². The van der Waals surface area contributed by atoms with Crippen LogP contribution in [0.2, 0.25) is 0 Å². The minimum Gasteiger partial charge on any atom is -0.490 e. The van der Waals surface area contributed by atoms with E-state index in [0.717, 1.165) is 56.0 Å². The van der Waals surface area contributed by atoms with Crippen LogP contribution in [0, 0.1) is 0 Å². The van der Waals surface area contributed by atoms with E-state index >= 15 is 0 Å². The molecule has 0 radical (unpaired) electrons. The molecule has 5 nitrogen and oxygen atoms in total. The molecule has 2 aromatic carbocycles. The Bertz CT molecular complexity index is 851. The zero-order valence-corrected chi connectivity index (χ0v) is 18.0. The number of amides is 1. The maximum Gasteiger partial charge on any atom is 0.244 e. The molecule has 0 bridgehead atoms. The van der Waals surface area contributed by atoms with Crippen molar-refractivity contribution in [2.24, 2.45) is 0 Å². The number of fused-ring (bicyclic) bond motifs is 1. The second-order valence-corrected chi connectivity index (χ2v) is 7.98. The molecule has 2 aliphatic heterocycles. The summed E-state index contributed by atoms with van der Waals surface area (Å²) in [6.45, 7) is 7.83. The molecule has 0 saturated carbocycles. The fourth-order valence-electron chi connectivity index (χ4n) is 4.66. The van der Waals surface area contributed by atoms with Crippen molar-refractivity contribution in [2.45, 2.75) is 45.2 Å². The summed E-state index contributed by atoms with van der Waals surface area (Å²) in [5, 5.41) is 0. The quantitative estimate of drug-likeness (QED) is 0.701. The van der Waals surface area contributed by atoms with Gasteiger partial charge in [-0.3, -0.25) is 9.69 Å². The lowest BCUT2D eigenvalue weighted by molar-refractivity contribution is -0.137. The van der Waals surface area contributed by atoms with E-state index in [1.54, 1.807) is 0 Å². The van der Waals surface area contributed by atoms with Crippen molar-refractivity contribution < 1.29 is 14.3 Å². The maximum atomic E-state index is 13.6. The van der Waals surface area contributed by atoms with E-state index in [-0.39, 0.29) is 18.0 Å². The van der Waals surface area contributed by atoms with Crippen molar-refractivity contribution in [1.82, 2.24) is 9.80 Å². The number of likely N-dealkylation sites (N-methyl/N-ethyl adjacent to an activating group) is 1. The van der Waals surface area contributed by atoms with Crippen molar-refractivity contribution in [3.05, 3.63) is 59.7 Å². The first-order chi connectivity index (χ1) is 14.7. The van der Waals surface area contributed by atoms with E-state index in [1.165, 1.54) is 5.56 Å². The first-order valence-corrected chi connectivity index (χ1v) is 11.2. The maximum absolute atomic E-state index is 13.6. The zero-order chi connectivity index (χ0) is 20.9. The molecule has 2 aromatic rings. The van der Waals surface area contributed by atoms with Gasteiger partial charge in [0.1, 0.15) is 6.04 Å². The lowest BCUT2D eigenvalue weighted by atomic mass is 9.98. The van der Waals surface area contributed by atoms with Gasteiger partial charge in [0.15, 0.2) is 11.5 Å². The Morgan fingerprint density at radius 3 is 2.50 bits per heavy atom. The van der Waals surface area contributed by atoms with Crippen LogP contribution in [0.25, 0.3) is 0 Å². The second kappa shape index (κ2) is 9.52. The summed E-state index contributed by atoms with van der Waals surface area (Å²) < 4.78 is 11.7. The largest absolute Gasteiger partial charge is 0.490 e. The summed E-state index contributed by atoms with van der Waals surface area (Å²) >= 11 is 0. The molecule has 5 heteroatoms. The van der Waals surface area contributed by atoms with Crippen LogP contribution in [-0.2, 0) is 4.79 Å². The highest BCUT2D eigenvalue weighted by Crippen LogP contribution is 2.42. The molecule has 0 aliphatic carbocycles. The Labute approximate surface area is 179 Å². The number of ether oxygens (including phenoxy) is 2.